The smallest absolute Gasteiger partial charge is 0.258 e. The van der Waals surface area contributed by atoms with Crippen LogP contribution in [0.4, 0.5) is 0 Å². The number of rotatable bonds is 5. The summed E-state index contributed by atoms with van der Waals surface area (Å²) in [6.45, 7) is 1.94. The molecule has 0 saturated heterocycles. The molecule has 0 spiro atoms. The van der Waals surface area contributed by atoms with Gasteiger partial charge in [0.05, 0.1) is 7.11 Å². The highest BCUT2D eigenvalue weighted by Crippen LogP contribution is 2.20. The molecule has 23 heavy (non-hydrogen) atoms. The summed E-state index contributed by atoms with van der Waals surface area (Å²) < 4.78 is 12.5. The molecule has 2 heterocycles. The standard InChI is InChI=1S/C17H19N3O3/c1-11(8-13-9-12-6-4-5-7-15(12)23-13)18-16(21)14-10-20(2)19-17(14)22-3/h4-7,9-11H,8H2,1-3H3,(H,18,21). The predicted molar refractivity (Wildman–Crippen MR) is 86.6 cm³/mol. The number of aromatic nitrogens is 2. The molecule has 1 atom stereocenters. The summed E-state index contributed by atoms with van der Waals surface area (Å²) in [5.74, 6) is 0.955. The maximum Gasteiger partial charge on any atom is 0.258 e. The number of furan rings is 1. The number of fused-ring (bicyclic) bond motifs is 1. The van der Waals surface area contributed by atoms with Gasteiger partial charge in [0, 0.05) is 31.1 Å². The third-order valence-corrected chi connectivity index (χ3v) is 3.59. The number of nitrogens with one attached hydrogen (secondary N) is 1. The minimum absolute atomic E-state index is 0.0759. The van der Waals surface area contributed by atoms with Crippen LogP contribution in [0.15, 0.2) is 40.9 Å². The van der Waals surface area contributed by atoms with Crippen molar-refractivity contribution < 1.29 is 13.9 Å². The lowest BCUT2D eigenvalue weighted by molar-refractivity contribution is 0.0936. The highest BCUT2D eigenvalue weighted by Gasteiger charge is 2.19. The number of aryl methyl sites for hydroxylation is 1. The summed E-state index contributed by atoms with van der Waals surface area (Å²) in [6, 6.07) is 9.78. The van der Waals surface area contributed by atoms with Crippen molar-refractivity contribution in [3.63, 3.8) is 0 Å². The molecule has 1 N–H and O–H groups in total. The van der Waals surface area contributed by atoms with Gasteiger partial charge in [-0.25, -0.2) is 0 Å². The van der Waals surface area contributed by atoms with E-state index in [1.165, 1.54) is 7.11 Å². The number of methoxy groups -OCH3 is 1. The van der Waals surface area contributed by atoms with Crippen LogP contribution in [0.2, 0.25) is 0 Å². The fraction of sp³-hybridized carbons (Fsp3) is 0.294. The van der Waals surface area contributed by atoms with Crippen molar-refractivity contribution in [2.45, 2.75) is 19.4 Å². The van der Waals surface area contributed by atoms with E-state index in [1.807, 2.05) is 37.3 Å². The second-order valence-corrected chi connectivity index (χ2v) is 5.55. The summed E-state index contributed by atoms with van der Waals surface area (Å²) in [6.07, 6.45) is 2.26. The van der Waals surface area contributed by atoms with Crippen LogP contribution in [0, 0.1) is 0 Å². The number of nitrogens with zero attached hydrogens (tertiary/aromatic N) is 2. The Hall–Kier alpha value is -2.76. The van der Waals surface area contributed by atoms with E-state index in [1.54, 1.807) is 17.9 Å². The fourth-order valence-corrected chi connectivity index (χ4v) is 2.57. The van der Waals surface area contributed by atoms with Crippen LogP contribution in [0.3, 0.4) is 0 Å². The largest absolute Gasteiger partial charge is 0.479 e. The third-order valence-electron chi connectivity index (χ3n) is 3.59. The lowest BCUT2D eigenvalue weighted by Crippen LogP contribution is -2.34. The zero-order chi connectivity index (χ0) is 16.4. The van der Waals surface area contributed by atoms with E-state index in [2.05, 4.69) is 10.4 Å². The van der Waals surface area contributed by atoms with E-state index < -0.39 is 0 Å². The van der Waals surface area contributed by atoms with E-state index in [4.69, 9.17) is 9.15 Å². The Labute approximate surface area is 134 Å². The van der Waals surface area contributed by atoms with Crippen LogP contribution in [-0.2, 0) is 13.5 Å². The van der Waals surface area contributed by atoms with E-state index in [0.29, 0.717) is 17.9 Å². The van der Waals surface area contributed by atoms with Gasteiger partial charge in [0.15, 0.2) is 0 Å². The highest BCUT2D eigenvalue weighted by molar-refractivity contribution is 5.96. The van der Waals surface area contributed by atoms with E-state index >= 15 is 0 Å². The Balaban J connectivity index is 1.68. The Morgan fingerprint density at radius 2 is 2.22 bits per heavy atom. The first-order chi connectivity index (χ1) is 11.1. The molecule has 6 heteroatoms. The van der Waals surface area contributed by atoms with Crippen molar-refractivity contribution in [1.29, 1.82) is 0 Å². The van der Waals surface area contributed by atoms with Gasteiger partial charge in [0.1, 0.15) is 16.9 Å². The van der Waals surface area contributed by atoms with E-state index in [-0.39, 0.29) is 11.9 Å². The molecule has 0 saturated carbocycles. The van der Waals surface area contributed by atoms with Gasteiger partial charge in [-0.05, 0) is 19.1 Å². The molecule has 0 radical (unpaired) electrons. The van der Waals surface area contributed by atoms with Gasteiger partial charge >= 0.3 is 0 Å². The van der Waals surface area contributed by atoms with Crippen LogP contribution in [0.1, 0.15) is 23.0 Å². The topological polar surface area (TPSA) is 69.3 Å². The minimum atomic E-state index is -0.210. The van der Waals surface area contributed by atoms with Gasteiger partial charge in [-0.3, -0.25) is 9.48 Å². The van der Waals surface area contributed by atoms with Crippen LogP contribution >= 0.6 is 0 Å². The molecule has 0 aliphatic rings. The molecule has 2 aromatic heterocycles. The number of hydrogen-bond donors (Lipinski definition) is 1. The number of hydrogen-bond acceptors (Lipinski definition) is 4. The molecule has 1 aromatic carbocycles. The first kappa shape index (κ1) is 15.1. The molecule has 1 unspecified atom stereocenters. The molecule has 6 nitrogen and oxygen atoms in total. The maximum atomic E-state index is 12.3. The fourth-order valence-electron chi connectivity index (χ4n) is 2.57. The Kier molecular flexibility index (Phi) is 4.06. The third kappa shape index (κ3) is 3.21. The number of para-hydroxylation sites is 1. The molecular weight excluding hydrogens is 294 g/mol. The summed E-state index contributed by atoms with van der Waals surface area (Å²) in [5, 5.41) is 8.09. The van der Waals surface area contributed by atoms with Crippen molar-refractivity contribution in [1.82, 2.24) is 15.1 Å². The normalized spacial score (nSPS) is 12.3. The first-order valence-electron chi connectivity index (χ1n) is 7.42. The predicted octanol–water partition coefficient (Wildman–Crippen LogP) is 2.54. The molecule has 1 amide bonds. The second-order valence-electron chi connectivity index (χ2n) is 5.55. The van der Waals surface area contributed by atoms with E-state index in [9.17, 15) is 4.79 Å². The van der Waals surface area contributed by atoms with E-state index in [0.717, 1.165) is 16.7 Å². The van der Waals surface area contributed by atoms with Crippen LogP contribution in [-0.4, -0.2) is 28.8 Å². The van der Waals surface area contributed by atoms with Crippen LogP contribution in [0.5, 0.6) is 5.88 Å². The average molecular weight is 313 g/mol. The minimum Gasteiger partial charge on any atom is -0.479 e. The van der Waals surface area contributed by atoms with Crippen LogP contribution < -0.4 is 10.1 Å². The number of amides is 1. The summed E-state index contributed by atoms with van der Waals surface area (Å²) >= 11 is 0. The maximum absolute atomic E-state index is 12.3. The lowest BCUT2D eigenvalue weighted by atomic mass is 10.1. The van der Waals surface area contributed by atoms with Gasteiger partial charge in [0.25, 0.3) is 5.91 Å². The molecule has 0 aliphatic heterocycles. The van der Waals surface area contributed by atoms with Crippen molar-refractivity contribution in [2.24, 2.45) is 7.05 Å². The molecule has 3 aromatic rings. The lowest BCUT2D eigenvalue weighted by Gasteiger charge is -2.12. The summed E-state index contributed by atoms with van der Waals surface area (Å²) in [5.41, 5.74) is 1.28. The van der Waals surface area contributed by atoms with Gasteiger partial charge in [-0.15, -0.1) is 5.10 Å². The summed E-state index contributed by atoms with van der Waals surface area (Å²) in [4.78, 5) is 12.3. The number of ether oxygens (including phenoxy) is 1. The molecule has 120 valence electrons. The molecule has 0 bridgehead atoms. The number of carbonyl (C=O) groups is 1. The van der Waals surface area contributed by atoms with Crippen molar-refractivity contribution in [2.75, 3.05) is 7.11 Å². The molecule has 3 rings (SSSR count). The van der Waals surface area contributed by atoms with Gasteiger partial charge in [0.2, 0.25) is 5.88 Å². The first-order valence-corrected chi connectivity index (χ1v) is 7.42. The number of benzene rings is 1. The van der Waals surface area contributed by atoms with Gasteiger partial charge < -0.3 is 14.5 Å². The van der Waals surface area contributed by atoms with Crippen LogP contribution in [0.25, 0.3) is 11.0 Å². The Morgan fingerprint density at radius 3 is 2.96 bits per heavy atom. The second kappa shape index (κ2) is 6.16. The van der Waals surface area contributed by atoms with Crippen molar-refractivity contribution in [3.05, 3.63) is 47.9 Å². The molecule has 0 fully saturated rings. The average Bonchev–Trinajstić information content (AvgIpc) is 3.09. The zero-order valence-electron chi connectivity index (χ0n) is 13.4. The monoisotopic (exact) mass is 313 g/mol. The SMILES string of the molecule is COc1nn(C)cc1C(=O)NC(C)Cc1cc2ccccc2o1. The molecular formula is C17H19N3O3. The van der Waals surface area contributed by atoms with Gasteiger partial charge in [-0.1, -0.05) is 18.2 Å². The quantitative estimate of drug-likeness (QED) is 0.786. The highest BCUT2D eigenvalue weighted by atomic mass is 16.5. The van der Waals surface area contributed by atoms with Gasteiger partial charge in [-0.2, -0.15) is 0 Å². The Bertz CT molecular complexity index is 802. The van der Waals surface area contributed by atoms with Crippen molar-refractivity contribution >= 4 is 16.9 Å². The molecule has 0 aliphatic carbocycles. The number of carbonyl (C=O) groups excluding carboxylic acids is 1. The Morgan fingerprint density at radius 1 is 1.43 bits per heavy atom. The zero-order valence-corrected chi connectivity index (χ0v) is 13.4. The van der Waals surface area contributed by atoms with Crippen molar-refractivity contribution in [3.8, 4) is 5.88 Å². The summed E-state index contributed by atoms with van der Waals surface area (Å²) in [7, 11) is 3.24.